The molecule has 0 aromatic rings. The van der Waals surface area contributed by atoms with Gasteiger partial charge in [0, 0.05) is 6.54 Å². The third kappa shape index (κ3) is 7.70. The third-order valence-electron chi connectivity index (χ3n) is 1.04. The highest BCUT2D eigenvalue weighted by molar-refractivity contribution is 7.96. The number of hydrogen-bond donors (Lipinski definition) is 5. The second-order valence-corrected chi connectivity index (χ2v) is 2.89. The first-order valence-corrected chi connectivity index (χ1v) is 4.13. The minimum Gasteiger partial charge on any atom is -0.347 e. The topological polar surface area (TPSA) is 84.2 Å². The SMILES string of the molecule is NC(CCNC(=O)S)NC(=O)S. The number of nitrogens with one attached hydrogen (secondary N) is 2. The van der Waals surface area contributed by atoms with E-state index in [1.807, 2.05) is 0 Å². The average Bonchev–Trinajstić information content (AvgIpc) is 1.84. The van der Waals surface area contributed by atoms with Crippen LogP contribution in [0.2, 0.25) is 0 Å². The maximum Gasteiger partial charge on any atom is 0.277 e. The first-order chi connectivity index (χ1) is 5.52. The Kier molecular flexibility index (Phi) is 5.95. The molecule has 0 aliphatic carbocycles. The van der Waals surface area contributed by atoms with Gasteiger partial charge in [-0.2, -0.15) is 0 Å². The number of amides is 2. The van der Waals surface area contributed by atoms with Gasteiger partial charge in [-0.25, -0.2) is 0 Å². The summed E-state index contributed by atoms with van der Waals surface area (Å²) in [4.78, 5) is 20.6. The maximum absolute atomic E-state index is 10.3. The number of carbonyl (C=O) groups is 2. The highest BCUT2D eigenvalue weighted by Crippen LogP contribution is 1.85. The predicted octanol–water partition coefficient (Wildman–Crippen LogP) is -0.0599. The van der Waals surface area contributed by atoms with E-state index in [9.17, 15) is 9.59 Å². The second-order valence-electron chi connectivity index (χ2n) is 2.08. The Morgan fingerprint density at radius 3 is 2.33 bits per heavy atom. The van der Waals surface area contributed by atoms with Crippen molar-refractivity contribution in [3.05, 3.63) is 0 Å². The first kappa shape index (κ1) is 11.6. The van der Waals surface area contributed by atoms with E-state index in [0.29, 0.717) is 13.0 Å². The van der Waals surface area contributed by atoms with Gasteiger partial charge in [-0.3, -0.25) is 9.59 Å². The van der Waals surface area contributed by atoms with Crippen LogP contribution in [-0.2, 0) is 0 Å². The molecular weight excluding hydrogens is 198 g/mol. The average molecular weight is 209 g/mol. The first-order valence-electron chi connectivity index (χ1n) is 3.24. The molecule has 4 N–H and O–H groups in total. The molecule has 0 rings (SSSR count). The summed E-state index contributed by atoms with van der Waals surface area (Å²) in [6.07, 6.45) is -0.0475. The molecule has 5 nitrogen and oxygen atoms in total. The normalized spacial score (nSPS) is 11.9. The monoisotopic (exact) mass is 209 g/mol. The largest absolute Gasteiger partial charge is 0.347 e. The summed E-state index contributed by atoms with van der Waals surface area (Å²) in [5.74, 6) is 0. The zero-order valence-corrected chi connectivity index (χ0v) is 8.07. The lowest BCUT2D eigenvalue weighted by atomic mass is 10.3. The van der Waals surface area contributed by atoms with Gasteiger partial charge < -0.3 is 16.4 Å². The fourth-order valence-corrected chi connectivity index (χ4v) is 0.843. The van der Waals surface area contributed by atoms with Crippen molar-refractivity contribution in [2.24, 2.45) is 5.73 Å². The molecule has 0 saturated heterocycles. The van der Waals surface area contributed by atoms with Gasteiger partial charge in [-0.15, -0.1) is 0 Å². The Labute approximate surface area is 81.3 Å². The molecule has 0 fully saturated rings. The molecule has 7 heteroatoms. The molecule has 0 saturated carbocycles. The lowest BCUT2D eigenvalue weighted by molar-refractivity contribution is 0.256. The van der Waals surface area contributed by atoms with Crippen LogP contribution >= 0.6 is 25.3 Å². The standard InChI is InChI=1S/C5H11N3O2S2/c6-3(8-5(10)12)1-2-7-4(9)11/h3H,1-2,6H2,(H2,7,9,11)(H2,8,10,12). The van der Waals surface area contributed by atoms with Crippen LogP contribution in [0.25, 0.3) is 0 Å². The number of carbonyl (C=O) groups excluding carboxylic acids is 2. The van der Waals surface area contributed by atoms with Crippen LogP contribution in [0.5, 0.6) is 0 Å². The van der Waals surface area contributed by atoms with Crippen LogP contribution < -0.4 is 16.4 Å². The summed E-state index contributed by atoms with van der Waals surface area (Å²) in [6, 6.07) is 0. The van der Waals surface area contributed by atoms with Crippen LogP contribution in [0, 0.1) is 0 Å². The van der Waals surface area contributed by atoms with Gasteiger partial charge in [0.25, 0.3) is 10.5 Å². The summed E-state index contributed by atoms with van der Waals surface area (Å²) in [5, 5.41) is 3.86. The third-order valence-corrected chi connectivity index (χ3v) is 1.33. The molecule has 0 spiro atoms. The Hall–Kier alpha value is -0.400. The minimum absolute atomic E-state index is 0.373. The van der Waals surface area contributed by atoms with Crippen LogP contribution in [0.1, 0.15) is 6.42 Å². The minimum atomic E-state index is -0.491. The molecule has 0 aliphatic heterocycles. The smallest absolute Gasteiger partial charge is 0.277 e. The zero-order valence-electron chi connectivity index (χ0n) is 6.28. The van der Waals surface area contributed by atoms with Crippen molar-refractivity contribution >= 4 is 35.7 Å². The van der Waals surface area contributed by atoms with Gasteiger partial charge in [0.1, 0.15) is 0 Å². The van der Waals surface area contributed by atoms with Crippen molar-refractivity contribution in [2.45, 2.75) is 12.6 Å². The number of rotatable bonds is 4. The van der Waals surface area contributed by atoms with E-state index in [2.05, 4.69) is 35.9 Å². The molecule has 0 radical (unpaired) electrons. The molecule has 0 heterocycles. The van der Waals surface area contributed by atoms with Gasteiger partial charge in [0.15, 0.2) is 0 Å². The van der Waals surface area contributed by atoms with Gasteiger partial charge in [0.05, 0.1) is 6.17 Å². The fourth-order valence-electron chi connectivity index (χ4n) is 0.565. The highest BCUT2D eigenvalue weighted by atomic mass is 32.1. The van der Waals surface area contributed by atoms with E-state index in [-0.39, 0.29) is 0 Å². The summed E-state index contributed by atoms with van der Waals surface area (Å²) in [6.45, 7) is 0.373. The van der Waals surface area contributed by atoms with E-state index in [4.69, 9.17) is 5.73 Å². The van der Waals surface area contributed by atoms with Crippen molar-refractivity contribution in [1.82, 2.24) is 10.6 Å². The molecule has 0 aliphatic rings. The van der Waals surface area contributed by atoms with Crippen molar-refractivity contribution in [3.63, 3.8) is 0 Å². The molecule has 1 unspecified atom stereocenters. The zero-order chi connectivity index (χ0) is 9.56. The fraction of sp³-hybridized carbons (Fsp3) is 0.600. The number of hydrogen-bond acceptors (Lipinski definition) is 3. The van der Waals surface area contributed by atoms with Crippen molar-refractivity contribution < 1.29 is 9.59 Å². The van der Waals surface area contributed by atoms with Crippen LogP contribution in [0.3, 0.4) is 0 Å². The van der Waals surface area contributed by atoms with E-state index in [1.54, 1.807) is 0 Å². The number of thiol groups is 2. The second kappa shape index (κ2) is 6.15. The van der Waals surface area contributed by atoms with Crippen LogP contribution in [0.4, 0.5) is 9.59 Å². The predicted molar refractivity (Wildman–Crippen MR) is 52.5 cm³/mol. The van der Waals surface area contributed by atoms with Crippen LogP contribution in [-0.4, -0.2) is 23.2 Å². The summed E-state index contributed by atoms with van der Waals surface area (Å²) >= 11 is 6.94. The van der Waals surface area contributed by atoms with Gasteiger partial charge in [-0.1, -0.05) is 25.3 Å². The van der Waals surface area contributed by atoms with Crippen molar-refractivity contribution in [2.75, 3.05) is 6.54 Å². The van der Waals surface area contributed by atoms with Gasteiger partial charge in [-0.05, 0) is 6.42 Å². The molecule has 1 atom stereocenters. The quantitative estimate of drug-likeness (QED) is 0.332. The van der Waals surface area contributed by atoms with E-state index in [1.165, 1.54) is 0 Å². The molecule has 0 aromatic heterocycles. The number of nitrogens with two attached hydrogens (primary N) is 1. The lowest BCUT2D eigenvalue weighted by Gasteiger charge is -2.11. The van der Waals surface area contributed by atoms with Gasteiger partial charge in [0.2, 0.25) is 0 Å². The van der Waals surface area contributed by atoms with E-state index in [0.717, 1.165) is 0 Å². The molecule has 70 valence electrons. The van der Waals surface area contributed by atoms with E-state index >= 15 is 0 Å². The van der Waals surface area contributed by atoms with E-state index < -0.39 is 16.6 Å². The molecule has 2 amide bonds. The Morgan fingerprint density at radius 1 is 1.33 bits per heavy atom. The summed E-state index contributed by atoms with van der Waals surface area (Å²) < 4.78 is 0. The van der Waals surface area contributed by atoms with Crippen molar-refractivity contribution in [3.8, 4) is 0 Å². The Bertz CT molecular complexity index is 176. The molecule has 0 bridgehead atoms. The summed E-state index contributed by atoms with van der Waals surface area (Å²) in [7, 11) is 0. The Balaban J connectivity index is 3.37. The maximum atomic E-state index is 10.3. The molecule has 0 aromatic carbocycles. The summed E-state index contributed by atoms with van der Waals surface area (Å²) in [5.41, 5.74) is 5.40. The molecule has 12 heavy (non-hydrogen) atoms. The Morgan fingerprint density at radius 2 is 1.92 bits per heavy atom. The van der Waals surface area contributed by atoms with Gasteiger partial charge >= 0.3 is 0 Å². The van der Waals surface area contributed by atoms with Crippen molar-refractivity contribution in [1.29, 1.82) is 0 Å². The highest BCUT2D eigenvalue weighted by Gasteiger charge is 2.03. The molecular formula is C5H11N3O2S2. The van der Waals surface area contributed by atoms with Crippen LogP contribution in [0.15, 0.2) is 0 Å². The lowest BCUT2D eigenvalue weighted by Crippen LogP contribution is -2.41.